The molecule has 0 saturated heterocycles. The summed E-state index contributed by atoms with van der Waals surface area (Å²) in [5, 5.41) is 9.31. The predicted octanol–water partition coefficient (Wildman–Crippen LogP) is 2.66. The molecule has 1 unspecified atom stereocenters. The normalized spacial score (nSPS) is 11.9. The van der Waals surface area contributed by atoms with E-state index in [1.165, 1.54) is 11.3 Å². The average molecular weight is 434 g/mol. The Bertz CT molecular complexity index is 1280. The van der Waals surface area contributed by atoms with Crippen molar-refractivity contribution in [2.45, 2.75) is 19.4 Å². The van der Waals surface area contributed by atoms with Crippen molar-refractivity contribution in [2.24, 2.45) is 5.73 Å². The molecule has 4 aromatic rings. The van der Waals surface area contributed by atoms with Crippen LogP contribution in [0.4, 0.5) is 0 Å². The molecule has 3 aromatic heterocycles. The number of carbonyl (C=O) groups is 3. The fraction of sp³-hybridized carbons (Fsp3) is 0.136. The second-order valence-electron chi connectivity index (χ2n) is 6.90. The number of aromatic nitrogens is 2. The minimum Gasteiger partial charge on any atom is -0.363 e. The van der Waals surface area contributed by atoms with E-state index in [1.54, 1.807) is 31.3 Å². The van der Waals surface area contributed by atoms with E-state index in [9.17, 15) is 14.4 Å². The highest BCUT2D eigenvalue weighted by molar-refractivity contribution is 7.17. The smallest absolute Gasteiger partial charge is 0.291 e. The highest BCUT2D eigenvalue weighted by Crippen LogP contribution is 2.28. The SMILES string of the molecule is Cc1noc(C(=O)NC(Cc2csc3ccccc23)C(=O)C(N)=O)c1-c1ccccn1. The van der Waals surface area contributed by atoms with Crippen LogP contribution in [0.1, 0.15) is 21.8 Å². The third kappa shape index (κ3) is 4.08. The molecule has 0 aliphatic rings. The van der Waals surface area contributed by atoms with Crippen LogP contribution in [0.25, 0.3) is 21.3 Å². The van der Waals surface area contributed by atoms with Gasteiger partial charge >= 0.3 is 0 Å². The molecule has 9 heteroatoms. The standard InChI is InChI=1S/C22H18N4O4S/c1-12-18(15-7-4-5-9-24-15)20(30-26-12)22(29)25-16(19(27)21(23)28)10-13-11-31-17-8-3-2-6-14(13)17/h2-9,11,16H,10H2,1H3,(H2,23,28)(H,25,29). The van der Waals surface area contributed by atoms with Gasteiger partial charge in [-0.05, 0) is 41.5 Å². The van der Waals surface area contributed by atoms with Crippen molar-refractivity contribution in [1.82, 2.24) is 15.5 Å². The van der Waals surface area contributed by atoms with Gasteiger partial charge in [0, 0.05) is 17.3 Å². The molecule has 3 N–H and O–H groups in total. The van der Waals surface area contributed by atoms with Crippen LogP contribution in [-0.4, -0.2) is 33.8 Å². The molecule has 0 saturated carbocycles. The van der Waals surface area contributed by atoms with Crippen molar-refractivity contribution in [3.05, 3.63) is 71.1 Å². The molecule has 8 nitrogen and oxygen atoms in total. The third-order valence-electron chi connectivity index (χ3n) is 4.84. The number of primary amides is 1. The van der Waals surface area contributed by atoms with Crippen LogP contribution in [-0.2, 0) is 16.0 Å². The molecule has 1 aromatic carbocycles. The molecule has 1 atom stereocenters. The molecule has 0 aliphatic heterocycles. The number of nitrogens with zero attached hydrogens (tertiary/aromatic N) is 2. The average Bonchev–Trinajstić information content (AvgIpc) is 3.37. The maximum atomic E-state index is 13.0. The lowest BCUT2D eigenvalue weighted by Gasteiger charge is -2.15. The van der Waals surface area contributed by atoms with E-state index in [1.807, 2.05) is 29.6 Å². The maximum Gasteiger partial charge on any atom is 0.291 e. The number of hydrogen-bond acceptors (Lipinski definition) is 7. The molecule has 0 fully saturated rings. The van der Waals surface area contributed by atoms with Crippen molar-refractivity contribution < 1.29 is 18.9 Å². The molecule has 0 bridgehead atoms. The number of Topliss-reactive ketones (excluding diaryl/α,β-unsaturated/α-hetero) is 1. The quantitative estimate of drug-likeness (QED) is 0.430. The summed E-state index contributed by atoms with van der Waals surface area (Å²) in [5.41, 5.74) is 7.47. The van der Waals surface area contributed by atoms with Gasteiger partial charge in [-0.2, -0.15) is 0 Å². The Morgan fingerprint density at radius 3 is 2.68 bits per heavy atom. The first-order valence-corrected chi connectivity index (χ1v) is 10.3. The van der Waals surface area contributed by atoms with Gasteiger partial charge in [-0.1, -0.05) is 29.4 Å². The van der Waals surface area contributed by atoms with E-state index in [0.29, 0.717) is 17.0 Å². The number of aryl methyl sites for hydroxylation is 1. The van der Waals surface area contributed by atoms with E-state index < -0.39 is 23.6 Å². The molecule has 3 heterocycles. The Labute approximate surface area is 181 Å². The zero-order valence-electron chi connectivity index (χ0n) is 16.5. The lowest BCUT2D eigenvalue weighted by atomic mass is 10.0. The van der Waals surface area contributed by atoms with Gasteiger partial charge in [0.05, 0.1) is 17.0 Å². The minimum atomic E-state index is -1.15. The number of carbonyl (C=O) groups excluding carboxylic acids is 3. The number of fused-ring (bicyclic) bond motifs is 1. The molecular formula is C22H18N4O4S. The summed E-state index contributed by atoms with van der Waals surface area (Å²) in [6.07, 6.45) is 1.70. The molecule has 2 amide bonds. The fourth-order valence-electron chi connectivity index (χ4n) is 3.35. The zero-order valence-corrected chi connectivity index (χ0v) is 17.3. The van der Waals surface area contributed by atoms with Crippen LogP contribution >= 0.6 is 11.3 Å². The van der Waals surface area contributed by atoms with Crippen molar-refractivity contribution in [3.8, 4) is 11.3 Å². The number of thiophene rings is 1. The number of pyridine rings is 1. The second-order valence-corrected chi connectivity index (χ2v) is 7.81. The van der Waals surface area contributed by atoms with Crippen molar-refractivity contribution in [2.75, 3.05) is 0 Å². The van der Waals surface area contributed by atoms with E-state index in [0.717, 1.165) is 15.6 Å². The number of benzene rings is 1. The molecule has 156 valence electrons. The Hall–Kier alpha value is -3.85. The van der Waals surface area contributed by atoms with Gasteiger partial charge in [-0.25, -0.2) is 0 Å². The molecule has 31 heavy (non-hydrogen) atoms. The monoisotopic (exact) mass is 434 g/mol. The third-order valence-corrected chi connectivity index (χ3v) is 5.85. The lowest BCUT2D eigenvalue weighted by molar-refractivity contribution is -0.137. The predicted molar refractivity (Wildman–Crippen MR) is 115 cm³/mol. The topological polar surface area (TPSA) is 128 Å². The van der Waals surface area contributed by atoms with Gasteiger partial charge in [0.1, 0.15) is 6.04 Å². The first-order chi connectivity index (χ1) is 15.0. The summed E-state index contributed by atoms with van der Waals surface area (Å²) < 4.78 is 6.27. The van der Waals surface area contributed by atoms with Crippen LogP contribution in [0.15, 0.2) is 58.6 Å². The van der Waals surface area contributed by atoms with E-state index in [-0.39, 0.29) is 12.2 Å². The Morgan fingerprint density at radius 2 is 1.94 bits per heavy atom. The van der Waals surface area contributed by atoms with Gasteiger partial charge in [0.2, 0.25) is 11.5 Å². The molecule has 4 rings (SSSR count). The van der Waals surface area contributed by atoms with E-state index >= 15 is 0 Å². The molecular weight excluding hydrogens is 416 g/mol. The van der Waals surface area contributed by atoms with Gasteiger partial charge < -0.3 is 15.6 Å². The highest BCUT2D eigenvalue weighted by atomic mass is 32.1. The van der Waals surface area contributed by atoms with Gasteiger partial charge in [-0.3, -0.25) is 19.4 Å². The largest absolute Gasteiger partial charge is 0.363 e. The summed E-state index contributed by atoms with van der Waals surface area (Å²) in [4.78, 5) is 41.4. The number of ketones is 1. The summed E-state index contributed by atoms with van der Waals surface area (Å²) in [7, 11) is 0. The summed E-state index contributed by atoms with van der Waals surface area (Å²) >= 11 is 1.52. The first-order valence-electron chi connectivity index (χ1n) is 9.43. The lowest BCUT2D eigenvalue weighted by Crippen LogP contribution is -2.47. The Morgan fingerprint density at radius 1 is 1.16 bits per heavy atom. The Kier molecular flexibility index (Phi) is 5.59. The summed E-state index contributed by atoms with van der Waals surface area (Å²) in [6.45, 7) is 1.69. The van der Waals surface area contributed by atoms with Crippen LogP contribution in [0, 0.1) is 6.92 Å². The van der Waals surface area contributed by atoms with Crippen molar-refractivity contribution >= 4 is 39.0 Å². The van der Waals surface area contributed by atoms with Gasteiger partial charge in [0.25, 0.3) is 11.8 Å². The Balaban J connectivity index is 1.65. The van der Waals surface area contributed by atoms with Crippen molar-refractivity contribution in [3.63, 3.8) is 0 Å². The zero-order chi connectivity index (χ0) is 22.0. The molecule has 0 spiro atoms. The number of nitrogens with one attached hydrogen (secondary N) is 1. The van der Waals surface area contributed by atoms with Crippen LogP contribution in [0.5, 0.6) is 0 Å². The van der Waals surface area contributed by atoms with Gasteiger partial charge in [0.15, 0.2) is 0 Å². The highest BCUT2D eigenvalue weighted by Gasteiger charge is 2.30. The number of amides is 2. The first kappa shape index (κ1) is 20.4. The van der Waals surface area contributed by atoms with E-state index in [4.69, 9.17) is 10.3 Å². The fourth-order valence-corrected chi connectivity index (χ4v) is 4.33. The number of rotatable bonds is 7. The molecule has 0 aliphatic carbocycles. The number of nitrogens with two attached hydrogens (primary N) is 1. The van der Waals surface area contributed by atoms with Crippen LogP contribution in [0.2, 0.25) is 0 Å². The van der Waals surface area contributed by atoms with Gasteiger partial charge in [-0.15, -0.1) is 11.3 Å². The van der Waals surface area contributed by atoms with Crippen LogP contribution < -0.4 is 11.1 Å². The number of hydrogen-bond donors (Lipinski definition) is 2. The second kappa shape index (κ2) is 8.49. The van der Waals surface area contributed by atoms with Crippen LogP contribution in [0.3, 0.4) is 0 Å². The summed E-state index contributed by atoms with van der Waals surface area (Å²) in [6, 6.07) is 11.8. The summed E-state index contributed by atoms with van der Waals surface area (Å²) in [5.74, 6) is -2.78. The van der Waals surface area contributed by atoms with Crippen molar-refractivity contribution in [1.29, 1.82) is 0 Å². The minimum absolute atomic E-state index is 0.0892. The van der Waals surface area contributed by atoms with E-state index in [2.05, 4.69) is 15.5 Å². The maximum absolute atomic E-state index is 13.0. The molecule has 0 radical (unpaired) electrons.